The Morgan fingerprint density at radius 2 is 2.00 bits per heavy atom. The molecule has 0 spiro atoms. The monoisotopic (exact) mass is 328 g/mol. The van der Waals surface area contributed by atoms with Crippen molar-refractivity contribution in [2.75, 3.05) is 5.88 Å². The van der Waals surface area contributed by atoms with Gasteiger partial charge in [-0.1, -0.05) is 11.6 Å². The number of halogens is 6. The number of aromatic nitrogens is 2. The molecule has 2 nitrogen and oxygen atoms in total. The molecule has 0 aliphatic heterocycles. The molecule has 2 rings (SSSR count). The minimum atomic E-state index is -4.14. The van der Waals surface area contributed by atoms with Crippen molar-refractivity contribution in [1.82, 2.24) is 9.55 Å². The highest BCUT2D eigenvalue weighted by molar-refractivity contribution is 6.31. The van der Waals surface area contributed by atoms with Gasteiger partial charge in [0.2, 0.25) is 0 Å². The summed E-state index contributed by atoms with van der Waals surface area (Å²) in [6.07, 6.45) is -3.55. The minimum Gasteiger partial charge on any atom is -0.322 e. The maximum Gasteiger partial charge on any atom is 0.324 e. The number of hydrogen-bond donors (Lipinski definition) is 0. The molecular formula is C12H10Cl2F4N2. The van der Waals surface area contributed by atoms with Crippen molar-refractivity contribution in [2.24, 2.45) is 0 Å². The first-order valence-electron chi connectivity index (χ1n) is 5.72. The summed E-state index contributed by atoms with van der Waals surface area (Å²) in [6.45, 7) is -1.16. The van der Waals surface area contributed by atoms with E-state index in [9.17, 15) is 17.6 Å². The summed E-state index contributed by atoms with van der Waals surface area (Å²) in [5, 5.41) is 0.316. The van der Waals surface area contributed by atoms with Gasteiger partial charge in [-0.2, -0.15) is 8.78 Å². The molecule has 0 fully saturated rings. The molecule has 0 unspecified atom stereocenters. The van der Waals surface area contributed by atoms with E-state index in [0.717, 1.165) is 4.57 Å². The predicted molar refractivity (Wildman–Crippen MR) is 70.1 cm³/mol. The van der Waals surface area contributed by atoms with E-state index >= 15 is 0 Å². The molecule has 0 atom stereocenters. The van der Waals surface area contributed by atoms with Crippen molar-refractivity contribution >= 4 is 34.2 Å². The summed E-state index contributed by atoms with van der Waals surface area (Å²) in [5.74, 6) is -3.76. The number of alkyl halides is 5. The fourth-order valence-corrected chi connectivity index (χ4v) is 2.21. The molecule has 2 aromatic rings. The van der Waals surface area contributed by atoms with Gasteiger partial charge < -0.3 is 4.57 Å². The Morgan fingerprint density at radius 3 is 2.60 bits per heavy atom. The fourth-order valence-electron chi connectivity index (χ4n) is 1.88. The fraction of sp³-hybridized carbons (Fsp3) is 0.417. The number of fused-ring (bicyclic) bond motifs is 1. The summed E-state index contributed by atoms with van der Waals surface area (Å²) in [4.78, 5) is 4.13. The van der Waals surface area contributed by atoms with Crippen LogP contribution in [0, 0.1) is 0 Å². The lowest BCUT2D eigenvalue weighted by molar-refractivity contribution is -0.137. The van der Waals surface area contributed by atoms with Gasteiger partial charge in [0.05, 0.1) is 17.6 Å². The molecule has 0 radical (unpaired) electrons. The summed E-state index contributed by atoms with van der Waals surface area (Å²) in [5.41, 5.74) is 0.706. The summed E-state index contributed by atoms with van der Waals surface area (Å²) >= 11 is 11.4. The third kappa shape index (κ3) is 3.01. The molecule has 0 N–H and O–H groups in total. The Bertz CT molecular complexity index is 613. The summed E-state index contributed by atoms with van der Waals surface area (Å²) in [7, 11) is 0. The molecule has 20 heavy (non-hydrogen) atoms. The first kappa shape index (κ1) is 15.4. The number of aryl methyl sites for hydroxylation is 1. The SMILES string of the molecule is FC(F)C(F)(F)Cn1c(CCCl)nc2ccc(Cl)cc21. The second-order valence-corrected chi connectivity index (χ2v) is 5.06. The Balaban J connectivity index is 2.53. The zero-order valence-corrected chi connectivity index (χ0v) is 11.6. The standard InChI is InChI=1S/C12H10Cl2F4N2/c13-4-3-10-19-8-2-1-7(14)5-9(8)20(10)6-12(17,18)11(15)16/h1-2,5,11H,3-4,6H2. The lowest BCUT2D eigenvalue weighted by Crippen LogP contribution is -2.32. The molecule has 8 heteroatoms. The van der Waals surface area contributed by atoms with Crippen LogP contribution in [0.5, 0.6) is 0 Å². The number of imidazole rings is 1. The summed E-state index contributed by atoms with van der Waals surface area (Å²) in [6, 6.07) is 4.52. The minimum absolute atomic E-state index is 0.150. The van der Waals surface area contributed by atoms with Crippen LogP contribution in [0.4, 0.5) is 17.6 Å². The van der Waals surface area contributed by atoms with E-state index < -0.39 is 18.9 Å². The van der Waals surface area contributed by atoms with Crippen LogP contribution in [0.25, 0.3) is 11.0 Å². The molecule has 1 heterocycles. The van der Waals surface area contributed by atoms with Crippen LogP contribution >= 0.6 is 23.2 Å². The predicted octanol–water partition coefficient (Wildman–Crippen LogP) is 4.37. The van der Waals surface area contributed by atoms with Crippen LogP contribution in [-0.4, -0.2) is 27.8 Å². The Hall–Kier alpha value is -1.01. The van der Waals surface area contributed by atoms with Gasteiger partial charge in [0, 0.05) is 17.3 Å². The number of rotatable bonds is 5. The highest BCUT2D eigenvalue weighted by Crippen LogP contribution is 2.29. The van der Waals surface area contributed by atoms with Crippen molar-refractivity contribution in [1.29, 1.82) is 0 Å². The van der Waals surface area contributed by atoms with Gasteiger partial charge in [-0.15, -0.1) is 11.6 Å². The van der Waals surface area contributed by atoms with E-state index in [1.807, 2.05) is 0 Å². The van der Waals surface area contributed by atoms with Gasteiger partial charge in [-0.05, 0) is 18.2 Å². The lowest BCUT2D eigenvalue weighted by atomic mass is 10.3. The number of hydrogen-bond acceptors (Lipinski definition) is 1. The first-order chi connectivity index (χ1) is 9.35. The molecule has 0 aliphatic rings. The lowest BCUT2D eigenvalue weighted by Gasteiger charge is -2.18. The van der Waals surface area contributed by atoms with Crippen molar-refractivity contribution in [3.05, 3.63) is 29.0 Å². The zero-order valence-electron chi connectivity index (χ0n) is 10.1. The Morgan fingerprint density at radius 1 is 1.30 bits per heavy atom. The summed E-state index contributed by atoms with van der Waals surface area (Å²) < 4.78 is 52.4. The van der Waals surface area contributed by atoms with Crippen molar-refractivity contribution < 1.29 is 17.6 Å². The number of nitrogens with zero attached hydrogens (tertiary/aromatic N) is 2. The van der Waals surface area contributed by atoms with Crippen LogP contribution in [0.1, 0.15) is 5.82 Å². The molecule has 0 amide bonds. The average molecular weight is 329 g/mol. The van der Waals surface area contributed by atoms with Gasteiger partial charge >= 0.3 is 12.3 Å². The molecule has 0 saturated heterocycles. The molecule has 0 bridgehead atoms. The van der Waals surface area contributed by atoms with Crippen LogP contribution in [0.2, 0.25) is 5.02 Å². The molecule has 0 aliphatic carbocycles. The topological polar surface area (TPSA) is 17.8 Å². The molecule has 110 valence electrons. The zero-order chi connectivity index (χ0) is 14.9. The average Bonchev–Trinajstić information content (AvgIpc) is 2.67. The van der Waals surface area contributed by atoms with Gasteiger partial charge in [0.15, 0.2) is 0 Å². The third-order valence-electron chi connectivity index (χ3n) is 2.80. The van der Waals surface area contributed by atoms with E-state index in [1.165, 1.54) is 6.07 Å². The second kappa shape index (κ2) is 5.77. The van der Waals surface area contributed by atoms with Crippen LogP contribution < -0.4 is 0 Å². The molecule has 0 saturated carbocycles. The normalized spacial score (nSPS) is 12.6. The van der Waals surface area contributed by atoms with Gasteiger partial charge in [0.25, 0.3) is 0 Å². The van der Waals surface area contributed by atoms with Crippen LogP contribution in [0.3, 0.4) is 0 Å². The van der Waals surface area contributed by atoms with Crippen molar-refractivity contribution in [3.63, 3.8) is 0 Å². The highest BCUT2D eigenvalue weighted by atomic mass is 35.5. The van der Waals surface area contributed by atoms with Gasteiger partial charge in [-0.3, -0.25) is 0 Å². The molecule has 1 aromatic heterocycles. The van der Waals surface area contributed by atoms with E-state index in [1.54, 1.807) is 12.1 Å². The largest absolute Gasteiger partial charge is 0.324 e. The maximum absolute atomic E-state index is 13.3. The maximum atomic E-state index is 13.3. The van der Waals surface area contributed by atoms with E-state index in [4.69, 9.17) is 23.2 Å². The smallest absolute Gasteiger partial charge is 0.322 e. The second-order valence-electron chi connectivity index (χ2n) is 4.25. The van der Waals surface area contributed by atoms with Crippen molar-refractivity contribution in [2.45, 2.75) is 25.3 Å². The molecular weight excluding hydrogens is 319 g/mol. The van der Waals surface area contributed by atoms with Gasteiger partial charge in [0.1, 0.15) is 5.82 Å². The van der Waals surface area contributed by atoms with E-state index in [2.05, 4.69) is 4.98 Å². The quantitative estimate of drug-likeness (QED) is 0.588. The van der Waals surface area contributed by atoms with Crippen molar-refractivity contribution in [3.8, 4) is 0 Å². The first-order valence-corrected chi connectivity index (χ1v) is 6.63. The van der Waals surface area contributed by atoms with Gasteiger partial charge in [-0.25, -0.2) is 13.8 Å². The number of benzene rings is 1. The Kier molecular flexibility index (Phi) is 4.44. The van der Waals surface area contributed by atoms with E-state index in [-0.39, 0.29) is 23.6 Å². The third-order valence-corrected chi connectivity index (χ3v) is 3.22. The molecule has 1 aromatic carbocycles. The van der Waals surface area contributed by atoms with Crippen LogP contribution in [0.15, 0.2) is 18.2 Å². The Labute approximate surface area is 122 Å². The highest BCUT2D eigenvalue weighted by Gasteiger charge is 2.41. The van der Waals surface area contributed by atoms with E-state index in [0.29, 0.717) is 10.5 Å². The van der Waals surface area contributed by atoms with Crippen LogP contribution in [-0.2, 0) is 13.0 Å².